The lowest BCUT2D eigenvalue weighted by Crippen LogP contribution is -2.50. The van der Waals surface area contributed by atoms with Crippen molar-refractivity contribution in [1.82, 2.24) is 10.6 Å². The molecule has 0 radical (unpaired) electrons. The van der Waals surface area contributed by atoms with Gasteiger partial charge in [0.2, 0.25) is 5.91 Å². The van der Waals surface area contributed by atoms with Crippen LogP contribution in [0.15, 0.2) is 24.3 Å². The van der Waals surface area contributed by atoms with Crippen molar-refractivity contribution in [1.29, 1.82) is 0 Å². The van der Waals surface area contributed by atoms with E-state index in [1.54, 1.807) is 0 Å². The molecule has 0 aromatic heterocycles. The van der Waals surface area contributed by atoms with E-state index in [1.807, 2.05) is 38.1 Å². The molecule has 0 saturated carbocycles. The maximum absolute atomic E-state index is 12.5. The molecule has 112 valence electrons. The molecule has 3 nitrogen and oxygen atoms in total. The number of nitrogens with one attached hydrogen (secondary N) is 2. The van der Waals surface area contributed by atoms with Crippen molar-refractivity contribution in [3.63, 3.8) is 0 Å². The molecule has 2 rings (SSSR count). The highest BCUT2D eigenvalue weighted by Gasteiger charge is 2.33. The smallest absolute Gasteiger partial charge is 0.230 e. The third-order valence-electron chi connectivity index (χ3n) is 3.75. The Morgan fingerprint density at radius 2 is 2.10 bits per heavy atom. The summed E-state index contributed by atoms with van der Waals surface area (Å²) in [7, 11) is 0. The van der Waals surface area contributed by atoms with Gasteiger partial charge in [-0.2, -0.15) is 0 Å². The van der Waals surface area contributed by atoms with Crippen LogP contribution in [0.5, 0.6) is 0 Å². The summed E-state index contributed by atoms with van der Waals surface area (Å²) in [4.78, 5) is 12.5. The molecule has 0 spiro atoms. The first-order chi connectivity index (χ1) is 9.01. The quantitative estimate of drug-likeness (QED) is 0.900. The van der Waals surface area contributed by atoms with Crippen molar-refractivity contribution in [2.24, 2.45) is 0 Å². The number of rotatable bonds is 3. The minimum Gasteiger partial charge on any atom is -0.351 e. The summed E-state index contributed by atoms with van der Waals surface area (Å²) >= 11 is 6.20. The Kier molecular flexibility index (Phi) is 6.31. The van der Waals surface area contributed by atoms with Gasteiger partial charge in [0.25, 0.3) is 0 Å². The summed E-state index contributed by atoms with van der Waals surface area (Å²) in [6.45, 7) is 5.73. The summed E-state index contributed by atoms with van der Waals surface area (Å²) in [5, 5.41) is 7.07. The van der Waals surface area contributed by atoms with E-state index >= 15 is 0 Å². The van der Waals surface area contributed by atoms with Crippen LogP contribution >= 0.6 is 24.0 Å². The third-order valence-corrected chi connectivity index (χ3v) is 4.08. The fraction of sp³-hybridized carbons (Fsp3) is 0.533. The molecule has 1 saturated heterocycles. The zero-order valence-corrected chi connectivity index (χ0v) is 13.5. The fourth-order valence-electron chi connectivity index (χ4n) is 2.43. The normalized spacial score (nSPS) is 19.1. The number of piperidine rings is 1. The van der Waals surface area contributed by atoms with Crippen LogP contribution in [0.3, 0.4) is 0 Å². The van der Waals surface area contributed by atoms with Gasteiger partial charge in [-0.1, -0.05) is 29.8 Å². The average molecular weight is 317 g/mol. The lowest BCUT2D eigenvalue weighted by Gasteiger charge is -2.30. The van der Waals surface area contributed by atoms with Gasteiger partial charge in [0.1, 0.15) is 0 Å². The van der Waals surface area contributed by atoms with Gasteiger partial charge in [0.05, 0.1) is 5.41 Å². The minimum atomic E-state index is -0.615. The van der Waals surface area contributed by atoms with Gasteiger partial charge < -0.3 is 10.6 Å². The molecule has 1 aromatic rings. The number of halogens is 2. The maximum atomic E-state index is 12.5. The van der Waals surface area contributed by atoms with Crippen molar-refractivity contribution < 1.29 is 4.79 Å². The van der Waals surface area contributed by atoms with E-state index in [4.69, 9.17) is 11.6 Å². The molecule has 2 N–H and O–H groups in total. The second-order valence-corrected chi connectivity index (χ2v) is 6.03. The number of carbonyl (C=O) groups is 1. The predicted octanol–water partition coefficient (Wildman–Crippen LogP) is 2.91. The second kappa shape index (κ2) is 7.30. The third kappa shape index (κ3) is 3.87. The van der Waals surface area contributed by atoms with Gasteiger partial charge in [0, 0.05) is 17.6 Å². The lowest BCUT2D eigenvalue weighted by molar-refractivity contribution is -0.126. The largest absolute Gasteiger partial charge is 0.351 e. The number of hydrogen-bond acceptors (Lipinski definition) is 2. The molecule has 1 fully saturated rings. The van der Waals surface area contributed by atoms with Gasteiger partial charge in [-0.3, -0.25) is 4.79 Å². The second-order valence-electron chi connectivity index (χ2n) is 5.62. The molecule has 1 heterocycles. The fourth-order valence-corrected chi connectivity index (χ4v) is 2.80. The minimum absolute atomic E-state index is 0. The van der Waals surface area contributed by atoms with E-state index in [0.29, 0.717) is 5.02 Å². The molecule has 1 aromatic carbocycles. The summed E-state index contributed by atoms with van der Waals surface area (Å²) in [6.07, 6.45) is 2.15. The van der Waals surface area contributed by atoms with Gasteiger partial charge >= 0.3 is 0 Å². The SMILES string of the molecule is CC(C)(C(=O)NC1CCCNC1)c1ccccc1Cl.Cl. The Labute approximate surface area is 131 Å². The van der Waals surface area contributed by atoms with Crippen LogP contribution in [-0.4, -0.2) is 25.0 Å². The van der Waals surface area contributed by atoms with Crippen LogP contribution in [0.1, 0.15) is 32.3 Å². The highest BCUT2D eigenvalue weighted by molar-refractivity contribution is 6.31. The molecule has 0 bridgehead atoms. The van der Waals surface area contributed by atoms with E-state index in [2.05, 4.69) is 10.6 Å². The first-order valence-electron chi connectivity index (χ1n) is 6.78. The maximum Gasteiger partial charge on any atom is 0.230 e. The zero-order valence-electron chi connectivity index (χ0n) is 11.9. The lowest BCUT2D eigenvalue weighted by atomic mass is 9.83. The molecule has 1 amide bonds. The molecule has 1 aliphatic heterocycles. The first kappa shape index (κ1) is 17.3. The molecular weight excluding hydrogens is 295 g/mol. The number of benzene rings is 1. The Balaban J connectivity index is 0.00000200. The van der Waals surface area contributed by atoms with Crippen molar-refractivity contribution in [2.75, 3.05) is 13.1 Å². The van der Waals surface area contributed by atoms with Crippen molar-refractivity contribution >= 4 is 29.9 Å². The summed E-state index contributed by atoms with van der Waals surface area (Å²) in [5.74, 6) is 0.0364. The standard InChI is InChI=1S/C15H21ClN2O.ClH/c1-15(2,12-7-3-4-8-13(12)16)14(19)18-11-6-5-9-17-10-11;/h3-4,7-8,11,17H,5-6,9-10H2,1-2H3,(H,18,19);1H. The van der Waals surface area contributed by atoms with Crippen LogP contribution in [0.25, 0.3) is 0 Å². The van der Waals surface area contributed by atoms with E-state index in [0.717, 1.165) is 31.5 Å². The monoisotopic (exact) mass is 316 g/mol. The first-order valence-corrected chi connectivity index (χ1v) is 7.16. The predicted molar refractivity (Wildman–Crippen MR) is 85.8 cm³/mol. The average Bonchev–Trinajstić information content (AvgIpc) is 2.40. The van der Waals surface area contributed by atoms with E-state index in [-0.39, 0.29) is 24.4 Å². The summed E-state index contributed by atoms with van der Waals surface area (Å²) in [6, 6.07) is 7.77. The van der Waals surface area contributed by atoms with Gasteiger partial charge in [0.15, 0.2) is 0 Å². The molecular formula is C15H22Cl2N2O. The van der Waals surface area contributed by atoms with Gasteiger partial charge in [-0.15, -0.1) is 12.4 Å². The Morgan fingerprint density at radius 1 is 1.40 bits per heavy atom. The van der Waals surface area contributed by atoms with Crippen LogP contribution in [0.2, 0.25) is 5.02 Å². The van der Waals surface area contributed by atoms with Gasteiger partial charge in [-0.05, 0) is 44.9 Å². The van der Waals surface area contributed by atoms with Crippen LogP contribution in [-0.2, 0) is 10.2 Å². The highest BCUT2D eigenvalue weighted by atomic mass is 35.5. The molecule has 20 heavy (non-hydrogen) atoms. The topological polar surface area (TPSA) is 41.1 Å². The van der Waals surface area contributed by atoms with Crippen molar-refractivity contribution in [3.8, 4) is 0 Å². The Bertz CT molecular complexity index is 457. The van der Waals surface area contributed by atoms with E-state index in [1.165, 1.54) is 0 Å². The van der Waals surface area contributed by atoms with E-state index < -0.39 is 5.41 Å². The van der Waals surface area contributed by atoms with Crippen molar-refractivity contribution in [3.05, 3.63) is 34.9 Å². The molecule has 5 heteroatoms. The summed E-state index contributed by atoms with van der Waals surface area (Å²) in [5.41, 5.74) is 0.258. The molecule has 1 unspecified atom stereocenters. The summed E-state index contributed by atoms with van der Waals surface area (Å²) < 4.78 is 0. The highest BCUT2D eigenvalue weighted by Crippen LogP contribution is 2.30. The van der Waals surface area contributed by atoms with Crippen LogP contribution in [0, 0.1) is 0 Å². The molecule has 1 aliphatic rings. The number of amides is 1. The Hall–Kier alpha value is -0.770. The van der Waals surface area contributed by atoms with E-state index in [9.17, 15) is 4.79 Å². The zero-order chi connectivity index (χ0) is 13.9. The molecule has 1 atom stereocenters. The van der Waals surface area contributed by atoms with Gasteiger partial charge in [-0.25, -0.2) is 0 Å². The number of hydrogen-bond donors (Lipinski definition) is 2. The Morgan fingerprint density at radius 3 is 2.70 bits per heavy atom. The van der Waals surface area contributed by atoms with Crippen molar-refractivity contribution in [2.45, 2.75) is 38.1 Å². The molecule has 0 aliphatic carbocycles. The number of carbonyl (C=O) groups excluding carboxylic acids is 1. The van der Waals surface area contributed by atoms with Crippen LogP contribution in [0.4, 0.5) is 0 Å². The van der Waals surface area contributed by atoms with Crippen LogP contribution < -0.4 is 10.6 Å².